The van der Waals surface area contributed by atoms with Gasteiger partial charge in [0.1, 0.15) is 0 Å². The van der Waals surface area contributed by atoms with E-state index in [-0.39, 0.29) is 18.2 Å². The molecule has 3 aromatic rings. The molecular formula is C24H20ClN3O3. The molecule has 0 spiro atoms. The van der Waals surface area contributed by atoms with Crippen LogP contribution in [0.5, 0.6) is 0 Å². The number of anilines is 1. The van der Waals surface area contributed by atoms with Gasteiger partial charge in [-0.2, -0.15) is 0 Å². The molecule has 156 valence electrons. The van der Waals surface area contributed by atoms with Crippen molar-refractivity contribution in [1.29, 1.82) is 0 Å². The second kappa shape index (κ2) is 7.41. The first kappa shape index (κ1) is 19.6. The summed E-state index contributed by atoms with van der Waals surface area (Å²) < 4.78 is 0. The zero-order valence-electron chi connectivity index (χ0n) is 16.6. The van der Waals surface area contributed by atoms with E-state index in [2.05, 4.69) is 5.48 Å². The van der Waals surface area contributed by atoms with Crippen LogP contribution in [0.1, 0.15) is 27.0 Å². The van der Waals surface area contributed by atoms with E-state index in [4.69, 9.17) is 16.8 Å². The summed E-state index contributed by atoms with van der Waals surface area (Å²) in [5.41, 5.74) is 4.75. The van der Waals surface area contributed by atoms with Crippen LogP contribution >= 0.6 is 11.6 Å². The van der Waals surface area contributed by atoms with Crippen LogP contribution in [0.25, 0.3) is 0 Å². The Kier molecular flexibility index (Phi) is 4.68. The van der Waals surface area contributed by atoms with Crippen molar-refractivity contribution >= 4 is 29.1 Å². The lowest BCUT2D eigenvalue weighted by Gasteiger charge is -2.40. The zero-order valence-corrected chi connectivity index (χ0v) is 17.3. The van der Waals surface area contributed by atoms with Gasteiger partial charge in [-0.25, -0.2) is 0 Å². The summed E-state index contributed by atoms with van der Waals surface area (Å²) in [5.74, 6) is -0.147. The Labute approximate surface area is 184 Å². The predicted molar refractivity (Wildman–Crippen MR) is 117 cm³/mol. The average molecular weight is 434 g/mol. The lowest BCUT2D eigenvalue weighted by atomic mass is 9.89. The molecule has 1 unspecified atom stereocenters. The first-order chi connectivity index (χ1) is 15.1. The van der Waals surface area contributed by atoms with Crippen molar-refractivity contribution in [3.05, 3.63) is 100 Å². The second-order valence-corrected chi connectivity index (χ2v) is 8.15. The number of carbonyl (C=O) groups excluding carboxylic acids is 2. The number of nitrogens with zero attached hydrogens (tertiary/aromatic N) is 2. The largest absolute Gasteiger partial charge is 0.309 e. The van der Waals surface area contributed by atoms with Gasteiger partial charge in [0, 0.05) is 34.8 Å². The summed E-state index contributed by atoms with van der Waals surface area (Å²) in [6.07, 6.45) is 0.186. The third kappa shape index (κ3) is 2.91. The first-order valence-electron chi connectivity index (χ1n) is 10.0. The number of fused-ring (bicyclic) bond motifs is 3. The third-order valence-corrected chi connectivity index (χ3v) is 6.34. The topological polar surface area (TPSA) is 72.9 Å². The highest BCUT2D eigenvalue weighted by Crippen LogP contribution is 2.49. The maximum absolute atomic E-state index is 13.6. The molecule has 2 aliphatic heterocycles. The van der Waals surface area contributed by atoms with Crippen molar-refractivity contribution in [3.63, 3.8) is 0 Å². The Morgan fingerprint density at radius 3 is 2.42 bits per heavy atom. The van der Waals surface area contributed by atoms with Crippen molar-refractivity contribution in [2.75, 3.05) is 18.6 Å². The van der Waals surface area contributed by atoms with Gasteiger partial charge >= 0.3 is 0 Å². The predicted octanol–water partition coefficient (Wildman–Crippen LogP) is 3.88. The van der Waals surface area contributed by atoms with Gasteiger partial charge in [-0.3, -0.25) is 20.3 Å². The minimum absolute atomic E-state index is 0.0702. The molecule has 3 aromatic carbocycles. The summed E-state index contributed by atoms with van der Waals surface area (Å²) in [6, 6.07) is 21.9. The molecule has 2 amide bonds. The van der Waals surface area contributed by atoms with E-state index in [1.54, 1.807) is 46.2 Å². The molecule has 7 heteroatoms. The standard InChI is InChI=1S/C24H20ClN3O3/c25-18-9-7-17(8-10-18)24-21-4-2-1-3-20(21)23(30)28(24)14-13-27(24)22(29)15-16-5-11-19(26-31)12-6-16/h1-12,26,31H,13-15H2. The summed E-state index contributed by atoms with van der Waals surface area (Å²) in [6.45, 7) is 0.896. The van der Waals surface area contributed by atoms with E-state index in [0.29, 0.717) is 29.4 Å². The Morgan fingerprint density at radius 2 is 1.71 bits per heavy atom. The highest BCUT2D eigenvalue weighted by atomic mass is 35.5. The fraction of sp³-hybridized carbons (Fsp3) is 0.167. The molecule has 2 heterocycles. The molecule has 0 bridgehead atoms. The van der Waals surface area contributed by atoms with Crippen LogP contribution in [0, 0.1) is 0 Å². The minimum Gasteiger partial charge on any atom is -0.309 e. The molecule has 0 aromatic heterocycles. The van der Waals surface area contributed by atoms with Crippen molar-refractivity contribution in [1.82, 2.24) is 9.80 Å². The first-order valence-corrected chi connectivity index (χ1v) is 10.4. The van der Waals surface area contributed by atoms with E-state index >= 15 is 0 Å². The normalized spacial score (nSPS) is 19.4. The average Bonchev–Trinajstić information content (AvgIpc) is 3.31. The van der Waals surface area contributed by atoms with Gasteiger partial charge in [-0.05, 0) is 35.9 Å². The van der Waals surface area contributed by atoms with E-state index in [9.17, 15) is 9.59 Å². The van der Waals surface area contributed by atoms with Crippen LogP contribution in [0.4, 0.5) is 5.69 Å². The van der Waals surface area contributed by atoms with Crippen LogP contribution in [0.15, 0.2) is 72.8 Å². The van der Waals surface area contributed by atoms with E-state index in [0.717, 1.165) is 16.7 Å². The quantitative estimate of drug-likeness (QED) is 0.612. The van der Waals surface area contributed by atoms with E-state index in [1.807, 2.05) is 36.4 Å². The lowest BCUT2D eigenvalue weighted by molar-refractivity contribution is -0.135. The summed E-state index contributed by atoms with van der Waals surface area (Å²) >= 11 is 6.13. The van der Waals surface area contributed by atoms with Crippen LogP contribution in [0.3, 0.4) is 0 Å². The van der Waals surface area contributed by atoms with Crippen molar-refractivity contribution in [2.24, 2.45) is 0 Å². The molecule has 2 aliphatic rings. The summed E-state index contributed by atoms with van der Waals surface area (Å²) in [7, 11) is 0. The van der Waals surface area contributed by atoms with E-state index in [1.165, 1.54) is 0 Å². The fourth-order valence-corrected chi connectivity index (χ4v) is 4.88. The molecule has 0 aliphatic carbocycles. The molecule has 6 nitrogen and oxygen atoms in total. The molecule has 1 atom stereocenters. The highest BCUT2D eigenvalue weighted by molar-refractivity contribution is 6.30. The fourth-order valence-electron chi connectivity index (χ4n) is 4.75. The summed E-state index contributed by atoms with van der Waals surface area (Å²) in [5, 5.41) is 9.61. The summed E-state index contributed by atoms with van der Waals surface area (Å²) in [4.78, 5) is 30.4. The number of nitrogens with one attached hydrogen (secondary N) is 1. The number of carbonyl (C=O) groups is 2. The van der Waals surface area contributed by atoms with Crippen LogP contribution < -0.4 is 5.48 Å². The van der Waals surface area contributed by atoms with Gasteiger partial charge in [0.2, 0.25) is 5.91 Å². The maximum atomic E-state index is 13.6. The third-order valence-electron chi connectivity index (χ3n) is 6.09. The smallest absolute Gasteiger partial charge is 0.256 e. The number of amides is 2. The number of hydrogen-bond acceptors (Lipinski definition) is 4. The molecule has 0 radical (unpaired) electrons. The van der Waals surface area contributed by atoms with Crippen LogP contribution in [-0.4, -0.2) is 39.9 Å². The van der Waals surface area contributed by atoms with Crippen molar-refractivity contribution in [3.8, 4) is 0 Å². The molecule has 0 saturated carbocycles. The Morgan fingerprint density at radius 1 is 1.00 bits per heavy atom. The molecule has 2 N–H and O–H groups in total. The Bertz CT molecular complexity index is 1160. The monoisotopic (exact) mass is 433 g/mol. The van der Waals surface area contributed by atoms with Crippen LogP contribution in [0.2, 0.25) is 5.02 Å². The number of benzene rings is 3. The van der Waals surface area contributed by atoms with Crippen LogP contribution in [-0.2, 0) is 16.9 Å². The molecular weight excluding hydrogens is 414 g/mol. The number of hydrogen-bond donors (Lipinski definition) is 2. The van der Waals surface area contributed by atoms with Crippen molar-refractivity contribution in [2.45, 2.75) is 12.1 Å². The van der Waals surface area contributed by atoms with Gasteiger partial charge < -0.3 is 9.80 Å². The molecule has 1 saturated heterocycles. The Hall–Kier alpha value is -3.35. The maximum Gasteiger partial charge on any atom is 0.256 e. The zero-order chi connectivity index (χ0) is 21.6. The van der Waals surface area contributed by atoms with Crippen molar-refractivity contribution < 1.29 is 14.8 Å². The van der Waals surface area contributed by atoms with Gasteiger partial charge in [0.05, 0.1) is 12.1 Å². The van der Waals surface area contributed by atoms with Gasteiger partial charge in [-0.15, -0.1) is 0 Å². The highest BCUT2D eigenvalue weighted by Gasteiger charge is 2.59. The minimum atomic E-state index is -0.984. The molecule has 31 heavy (non-hydrogen) atoms. The lowest BCUT2D eigenvalue weighted by Crippen LogP contribution is -2.52. The number of rotatable bonds is 4. The second-order valence-electron chi connectivity index (χ2n) is 7.71. The van der Waals surface area contributed by atoms with Gasteiger partial charge in [0.25, 0.3) is 5.91 Å². The Balaban J connectivity index is 1.61. The number of halogens is 1. The molecule has 5 rings (SSSR count). The van der Waals surface area contributed by atoms with Gasteiger partial charge in [0.15, 0.2) is 5.66 Å². The van der Waals surface area contributed by atoms with E-state index < -0.39 is 5.66 Å². The SMILES string of the molecule is O=C(Cc1ccc(NO)cc1)N1CCN2C(=O)c3ccccc3C12c1ccc(Cl)cc1. The molecule has 1 fully saturated rings. The van der Waals surface area contributed by atoms with Gasteiger partial charge in [-0.1, -0.05) is 54.1 Å².